The maximum Gasteiger partial charge on any atom is 0.277 e. The average molecular weight is 259 g/mol. The molecule has 2 rings (SSSR count). The zero-order valence-corrected chi connectivity index (χ0v) is 10.5. The summed E-state index contributed by atoms with van der Waals surface area (Å²) in [7, 11) is 3.34. The fourth-order valence-electron chi connectivity index (χ4n) is 1.49. The second kappa shape index (κ2) is 5.30. The number of carbonyl (C=O) groups excluding carboxylic acids is 2. The first-order valence-electron chi connectivity index (χ1n) is 5.57. The van der Waals surface area contributed by atoms with Gasteiger partial charge in [-0.05, 0) is 18.2 Å². The van der Waals surface area contributed by atoms with E-state index in [0.29, 0.717) is 11.3 Å². The molecule has 1 heterocycles. The minimum atomic E-state index is -0.386. The number of aromatic nitrogens is 3. The number of anilines is 1. The SMILES string of the molecule is CN(C)C(=O)c1cccc(NC(=O)c2cn[nH]n2)c1. The van der Waals surface area contributed by atoms with Crippen LogP contribution in [0.25, 0.3) is 0 Å². The molecule has 0 fully saturated rings. The number of hydrogen-bond donors (Lipinski definition) is 2. The van der Waals surface area contributed by atoms with Crippen LogP contribution in [0.2, 0.25) is 0 Å². The first-order valence-corrected chi connectivity index (χ1v) is 5.57. The van der Waals surface area contributed by atoms with E-state index in [4.69, 9.17) is 0 Å². The van der Waals surface area contributed by atoms with Gasteiger partial charge in [-0.25, -0.2) is 0 Å². The normalized spacial score (nSPS) is 10.0. The van der Waals surface area contributed by atoms with Gasteiger partial charge in [-0.2, -0.15) is 15.4 Å². The van der Waals surface area contributed by atoms with Crippen LogP contribution in [0.15, 0.2) is 30.5 Å². The van der Waals surface area contributed by atoms with E-state index < -0.39 is 0 Å². The molecule has 19 heavy (non-hydrogen) atoms. The lowest BCUT2D eigenvalue weighted by Crippen LogP contribution is -2.22. The Labute approximate surface area is 109 Å². The maximum atomic E-state index is 11.8. The van der Waals surface area contributed by atoms with Gasteiger partial charge in [0.2, 0.25) is 0 Å². The Morgan fingerprint density at radius 3 is 2.74 bits per heavy atom. The van der Waals surface area contributed by atoms with Gasteiger partial charge in [-0.15, -0.1) is 0 Å². The summed E-state index contributed by atoms with van der Waals surface area (Å²) in [6.07, 6.45) is 1.32. The summed E-state index contributed by atoms with van der Waals surface area (Å²) in [6.45, 7) is 0. The van der Waals surface area contributed by atoms with Gasteiger partial charge in [-0.3, -0.25) is 9.59 Å². The highest BCUT2D eigenvalue weighted by atomic mass is 16.2. The highest BCUT2D eigenvalue weighted by Crippen LogP contribution is 2.12. The minimum absolute atomic E-state index is 0.127. The molecule has 1 aromatic carbocycles. The molecule has 0 atom stereocenters. The van der Waals surface area contributed by atoms with E-state index in [1.807, 2.05) is 0 Å². The Bertz CT molecular complexity index is 592. The van der Waals surface area contributed by atoms with Crippen molar-refractivity contribution in [3.63, 3.8) is 0 Å². The molecule has 0 saturated heterocycles. The van der Waals surface area contributed by atoms with Crippen molar-refractivity contribution in [2.75, 3.05) is 19.4 Å². The summed E-state index contributed by atoms with van der Waals surface area (Å²) in [4.78, 5) is 25.0. The van der Waals surface area contributed by atoms with Crippen molar-refractivity contribution in [3.8, 4) is 0 Å². The van der Waals surface area contributed by atoms with Crippen molar-refractivity contribution >= 4 is 17.5 Å². The smallest absolute Gasteiger partial charge is 0.277 e. The number of H-pyrrole nitrogens is 1. The molecule has 7 nitrogen and oxygen atoms in total. The Morgan fingerprint density at radius 1 is 1.32 bits per heavy atom. The topological polar surface area (TPSA) is 91.0 Å². The fourth-order valence-corrected chi connectivity index (χ4v) is 1.49. The molecular weight excluding hydrogens is 246 g/mol. The first-order chi connectivity index (χ1) is 9.08. The number of nitrogens with zero attached hydrogens (tertiary/aromatic N) is 3. The number of hydrogen-bond acceptors (Lipinski definition) is 4. The summed E-state index contributed by atoms with van der Waals surface area (Å²) in [5, 5.41) is 12.2. The minimum Gasteiger partial charge on any atom is -0.345 e. The van der Waals surface area contributed by atoms with E-state index in [1.165, 1.54) is 11.1 Å². The van der Waals surface area contributed by atoms with Gasteiger partial charge in [0.05, 0.1) is 6.20 Å². The van der Waals surface area contributed by atoms with Gasteiger partial charge in [0.25, 0.3) is 11.8 Å². The molecule has 0 aliphatic heterocycles. The van der Waals surface area contributed by atoms with E-state index in [1.54, 1.807) is 38.4 Å². The van der Waals surface area contributed by atoms with Crippen LogP contribution in [-0.4, -0.2) is 46.2 Å². The summed E-state index contributed by atoms with van der Waals surface area (Å²) in [5.74, 6) is -0.513. The van der Waals surface area contributed by atoms with Gasteiger partial charge in [0.1, 0.15) is 0 Å². The van der Waals surface area contributed by atoms with E-state index in [2.05, 4.69) is 20.7 Å². The standard InChI is InChI=1S/C12H13N5O2/c1-17(2)12(19)8-4-3-5-9(6-8)14-11(18)10-7-13-16-15-10/h3-7H,1-2H3,(H,14,18)(H,13,15,16). The summed E-state index contributed by atoms with van der Waals surface area (Å²) >= 11 is 0. The molecule has 1 aromatic heterocycles. The largest absolute Gasteiger partial charge is 0.345 e. The molecule has 2 aromatic rings. The van der Waals surface area contributed by atoms with E-state index in [0.717, 1.165) is 0 Å². The summed E-state index contributed by atoms with van der Waals surface area (Å²) < 4.78 is 0. The molecule has 98 valence electrons. The molecule has 7 heteroatoms. The molecule has 2 amide bonds. The van der Waals surface area contributed by atoms with E-state index >= 15 is 0 Å². The fraction of sp³-hybridized carbons (Fsp3) is 0.167. The van der Waals surface area contributed by atoms with Crippen LogP contribution in [0, 0.1) is 0 Å². The molecule has 0 saturated carbocycles. The molecule has 0 aliphatic rings. The Balaban J connectivity index is 2.16. The van der Waals surface area contributed by atoms with Crippen LogP contribution in [0.3, 0.4) is 0 Å². The van der Waals surface area contributed by atoms with Gasteiger partial charge in [0.15, 0.2) is 5.69 Å². The number of amides is 2. The molecule has 0 bridgehead atoms. The summed E-state index contributed by atoms with van der Waals surface area (Å²) in [5.41, 5.74) is 1.22. The van der Waals surface area contributed by atoms with Crippen LogP contribution in [0.5, 0.6) is 0 Å². The second-order valence-corrected chi connectivity index (χ2v) is 4.09. The van der Waals surface area contributed by atoms with Crippen LogP contribution in [0.1, 0.15) is 20.8 Å². The lowest BCUT2D eigenvalue weighted by Gasteiger charge is -2.11. The molecule has 0 spiro atoms. The van der Waals surface area contributed by atoms with E-state index in [-0.39, 0.29) is 17.5 Å². The highest BCUT2D eigenvalue weighted by Gasteiger charge is 2.11. The van der Waals surface area contributed by atoms with Crippen LogP contribution in [-0.2, 0) is 0 Å². The molecule has 0 unspecified atom stereocenters. The summed E-state index contributed by atoms with van der Waals surface area (Å²) in [6, 6.07) is 6.70. The zero-order chi connectivity index (χ0) is 13.8. The van der Waals surface area contributed by atoms with E-state index in [9.17, 15) is 9.59 Å². The molecule has 2 N–H and O–H groups in total. The van der Waals surface area contributed by atoms with Crippen molar-refractivity contribution in [1.82, 2.24) is 20.3 Å². The van der Waals surface area contributed by atoms with Crippen molar-refractivity contribution < 1.29 is 9.59 Å². The van der Waals surface area contributed by atoms with Gasteiger partial charge in [0, 0.05) is 25.3 Å². The molecule has 0 aliphatic carbocycles. The van der Waals surface area contributed by atoms with Crippen LogP contribution < -0.4 is 5.32 Å². The number of carbonyl (C=O) groups is 2. The average Bonchev–Trinajstić information content (AvgIpc) is 2.92. The number of rotatable bonds is 3. The third-order valence-corrected chi connectivity index (χ3v) is 2.42. The third kappa shape index (κ3) is 2.95. The number of nitrogens with one attached hydrogen (secondary N) is 2. The zero-order valence-electron chi connectivity index (χ0n) is 10.5. The third-order valence-electron chi connectivity index (χ3n) is 2.42. The maximum absolute atomic E-state index is 11.8. The second-order valence-electron chi connectivity index (χ2n) is 4.09. The van der Waals surface area contributed by atoms with Crippen LogP contribution >= 0.6 is 0 Å². The van der Waals surface area contributed by atoms with Gasteiger partial charge in [-0.1, -0.05) is 6.07 Å². The van der Waals surface area contributed by atoms with Gasteiger partial charge < -0.3 is 10.2 Å². The van der Waals surface area contributed by atoms with Crippen molar-refractivity contribution in [2.45, 2.75) is 0 Å². The predicted molar refractivity (Wildman–Crippen MR) is 68.8 cm³/mol. The monoisotopic (exact) mass is 259 g/mol. The van der Waals surface area contributed by atoms with Crippen molar-refractivity contribution in [1.29, 1.82) is 0 Å². The lowest BCUT2D eigenvalue weighted by atomic mass is 10.2. The number of benzene rings is 1. The first kappa shape index (κ1) is 12.7. The van der Waals surface area contributed by atoms with Crippen LogP contribution in [0.4, 0.5) is 5.69 Å². The van der Waals surface area contributed by atoms with Crippen molar-refractivity contribution in [2.24, 2.45) is 0 Å². The highest BCUT2D eigenvalue weighted by molar-refractivity contribution is 6.03. The molecular formula is C12H13N5O2. The van der Waals surface area contributed by atoms with Crippen molar-refractivity contribution in [3.05, 3.63) is 41.7 Å². The Kier molecular flexibility index (Phi) is 3.56. The lowest BCUT2D eigenvalue weighted by molar-refractivity contribution is 0.0827. The number of aromatic amines is 1. The Hall–Kier alpha value is -2.70. The molecule has 0 radical (unpaired) electrons. The van der Waals surface area contributed by atoms with Gasteiger partial charge >= 0.3 is 0 Å². The Morgan fingerprint density at radius 2 is 2.11 bits per heavy atom. The predicted octanol–water partition coefficient (Wildman–Crippen LogP) is 0.759. The quantitative estimate of drug-likeness (QED) is 0.851.